The molecule has 0 unspecified atom stereocenters. The quantitative estimate of drug-likeness (QED) is 0.852. The highest BCUT2D eigenvalue weighted by Crippen LogP contribution is 2.27. The highest BCUT2D eigenvalue weighted by atomic mass is 35.5. The molecule has 1 aliphatic heterocycles. The van der Waals surface area contributed by atoms with Crippen molar-refractivity contribution in [3.63, 3.8) is 0 Å². The number of hydrogen-bond donors (Lipinski definition) is 2. The number of rotatable bonds is 4. The Morgan fingerprint density at radius 1 is 1.28 bits per heavy atom. The number of carbonyl (C=O) groups excluding carboxylic acids is 1. The topological polar surface area (TPSA) is 77.2 Å². The number of nitrogens with two attached hydrogens (primary N) is 1. The monoisotopic (exact) mass is 381 g/mol. The summed E-state index contributed by atoms with van der Waals surface area (Å²) in [5.41, 5.74) is 8.81. The van der Waals surface area contributed by atoms with Crippen LogP contribution in [0.4, 0.5) is 5.13 Å². The minimum absolute atomic E-state index is 0. The maximum Gasteiger partial charge on any atom is 0.246 e. The standard InChI is InChI=1S/C18H23N3O2S.ClH/c1-12-3-5-14(6-4-12)11-15-13(2)20-17(24-15)21-16(22)18(19)7-9-23-10-8-18;/h3-6H,7-11,19H2,1-2H3,(H,20,21,22);1H. The van der Waals surface area contributed by atoms with Crippen LogP contribution >= 0.6 is 23.7 Å². The van der Waals surface area contributed by atoms with E-state index in [9.17, 15) is 4.79 Å². The van der Waals surface area contributed by atoms with E-state index in [-0.39, 0.29) is 18.3 Å². The SMILES string of the molecule is Cc1ccc(Cc2sc(NC(=O)C3(N)CCOCC3)nc2C)cc1.Cl. The van der Waals surface area contributed by atoms with Crippen molar-refractivity contribution in [3.05, 3.63) is 46.0 Å². The van der Waals surface area contributed by atoms with E-state index in [1.807, 2.05) is 6.92 Å². The molecule has 136 valence electrons. The van der Waals surface area contributed by atoms with E-state index in [1.165, 1.54) is 22.5 Å². The summed E-state index contributed by atoms with van der Waals surface area (Å²) in [5, 5.41) is 3.52. The van der Waals surface area contributed by atoms with Crippen molar-refractivity contribution in [2.24, 2.45) is 5.73 Å². The normalized spacial score (nSPS) is 16.1. The van der Waals surface area contributed by atoms with Crippen LogP contribution in [0.3, 0.4) is 0 Å². The van der Waals surface area contributed by atoms with Gasteiger partial charge in [-0.05, 0) is 32.3 Å². The summed E-state index contributed by atoms with van der Waals surface area (Å²) in [6.45, 7) is 5.11. The van der Waals surface area contributed by atoms with Gasteiger partial charge in [0.2, 0.25) is 5.91 Å². The van der Waals surface area contributed by atoms with E-state index < -0.39 is 5.54 Å². The second-order valence-corrected chi connectivity index (χ2v) is 7.50. The van der Waals surface area contributed by atoms with Crippen molar-refractivity contribution in [1.82, 2.24) is 4.98 Å². The van der Waals surface area contributed by atoms with E-state index in [0.717, 1.165) is 17.0 Å². The molecule has 1 amide bonds. The first-order valence-corrected chi connectivity index (χ1v) is 8.98. The first kappa shape index (κ1) is 19.8. The Bertz CT molecular complexity index is 724. The van der Waals surface area contributed by atoms with E-state index in [0.29, 0.717) is 31.2 Å². The number of amides is 1. The Morgan fingerprint density at radius 2 is 1.92 bits per heavy atom. The number of anilines is 1. The van der Waals surface area contributed by atoms with Gasteiger partial charge in [0, 0.05) is 24.5 Å². The number of benzene rings is 1. The number of halogens is 1. The fraction of sp³-hybridized carbons (Fsp3) is 0.444. The third-order valence-corrected chi connectivity index (χ3v) is 5.51. The summed E-state index contributed by atoms with van der Waals surface area (Å²) < 4.78 is 5.29. The second-order valence-electron chi connectivity index (χ2n) is 6.41. The molecule has 5 nitrogen and oxygen atoms in total. The molecule has 25 heavy (non-hydrogen) atoms. The summed E-state index contributed by atoms with van der Waals surface area (Å²) in [5.74, 6) is -0.165. The molecule has 2 heterocycles. The molecule has 0 atom stereocenters. The number of thiazole rings is 1. The summed E-state index contributed by atoms with van der Waals surface area (Å²) in [4.78, 5) is 18.1. The van der Waals surface area contributed by atoms with Crippen molar-refractivity contribution >= 4 is 34.8 Å². The van der Waals surface area contributed by atoms with Crippen LogP contribution in [0.1, 0.15) is 34.5 Å². The summed E-state index contributed by atoms with van der Waals surface area (Å²) in [6.07, 6.45) is 1.90. The fourth-order valence-corrected chi connectivity index (χ4v) is 3.71. The van der Waals surface area contributed by atoms with Gasteiger partial charge in [-0.2, -0.15) is 0 Å². The van der Waals surface area contributed by atoms with Crippen LogP contribution in [0, 0.1) is 13.8 Å². The lowest BCUT2D eigenvalue weighted by molar-refractivity contribution is -0.124. The highest BCUT2D eigenvalue weighted by Gasteiger charge is 2.36. The van der Waals surface area contributed by atoms with Gasteiger partial charge in [-0.15, -0.1) is 23.7 Å². The van der Waals surface area contributed by atoms with Crippen LogP contribution in [-0.2, 0) is 16.0 Å². The molecule has 1 aromatic carbocycles. The van der Waals surface area contributed by atoms with Crippen LogP contribution < -0.4 is 11.1 Å². The Morgan fingerprint density at radius 3 is 2.56 bits per heavy atom. The maximum atomic E-state index is 12.5. The number of aryl methyl sites for hydroxylation is 2. The van der Waals surface area contributed by atoms with Gasteiger partial charge in [0.1, 0.15) is 5.54 Å². The van der Waals surface area contributed by atoms with Gasteiger partial charge in [0.25, 0.3) is 0 Å². The van der Waals surface area contributed by atoms with Crippen LogP contribution in [0.15, 0.2) is 24.3 Å². The molecule has 1 saturated heterocycles. The number of nitrogens with one attached hydrogen (secondary N) is 1. The molecular weight excluding hydrogens is 358 g/mol. The zero-order valence-corrected chi connectivity index (χ0v) is 16.1. The van der Waals surface area contributed by atoms with Gasteiger partial charge >= 0.3 is 0 Å². The number of ether oxygens (including phenoxy) is 1. The number of aromatic nitrogens is 1. The zero-order valence-electron chi connectivity index (χ0n) is 14.5. The molecule has 1 aliphatic rings. The number of nitrogens with zero attached hydrogens (tertiary/aromatic N) is 1. The lowest BCUT2D eigenvalue weighted by Crippen LogP contribution is -2.54. The van der Waals surface area contributed by atoms with Gasteiger partial charge in [0.05, 0.1) is 5.69 Å². The van der Waals surface area contributed by atoms with Crippen molar-refractivity contribution in [3.8, 4) is 0 Å². The van der Waals surface area contributed by atoms with Gasteiger partial charge in [-0.3, -0.25) is 4.79 Å². The largest absolute Gasteiger partial charge is 0.381 e. The minimum atomic E-state index is -0.852. The van der Waals surface area contributed by atoms with Crippen LogP contribution in [0.25, 0.3) is 0 Å². The van der Waals surface area contributed by atoms with E-state index >= 15 is 0 Å². The van der Waals surface area contributed by atoms with Crippen LogP contribution in [0.2, 0.25) is 0 Å². The van der Waals surface area contributed by atoms with Crippen molar-refractivity contribution in [2.75, 3.05) is 18.5 Å². The third kappa shape index (κ3) is 4.79. The molecular formula is C18H24ClN3O2S. The Kier molecular flexibility index (Phi) is 6.57. The van der Waals surface area contributed by atoms with Gasteiger partial charge in [0.15, 0.2) is 5.13 Å². The molecule has 0 radical (unpaired) electrons. The zero-order chi connectivity index (χ0) is 17.2. The first-order chi connectivity index (χ1) is 11.5. The lowest BCUT2D eigenvalue weighted by Gasteiger charge is -2.31. The maximum absolute atomic E-state index is 12.5. The molecule has 7 heteroatoms. The molecule has 2 aromatic rings. The Hall–Kier alpha value is -1.47. The van der Waals surface area contributed by atoms with E-state index in [2.05, 4.69) is 41.5 Å². The second kappa shape index (κ2) is 8.27. The van der Waals surface area contributed by atoms with Crippen LogP contribution in [0.5, 0.6) is 0 Å². The van der Waals surface area contributed by atoms with Crippen molar-refractivity contribution in [2.45, 2.75) is 38.6 Å². The molecule has 3 N–H and O–H groups in total. The lowest BCUT2D eigenvalue weighted by atomic mass is 9.90. The molecule has 0 spiro atoms. The smallest absolute Gasteiger partial charge is 0.246 e. The van der Waals surface area contributed by atoms with Crippen LogP contribution in [-0.4, -0.2) is 29.6 Å². The fourth-order valence-electron chi connectivity index (χ4n) is 2.72. The molecule has 0 aliphatic carbocycles. The third-order valence-electron chi connectivity index (χ3n) is 4.44. The van der Waals surface area contributed by atoms with Gasteiger partial charge < -0.3 is 15.8 Å². The van der Waals surface area contributed by atoms with Gasteiger partial charge in [-0.25, -0.2) is 4.98 Å². The molecule has 1 aromatic heterocycles. The number of carbonyl (C=O) groups is 1. The van der Waals surface area contributed by atoms with E-state index in [4.69, 9.17) is 10.5 Å². The predicted octanol–water partition coefficient (Wildman–Crippen LogP) is 3.22. The van der Waals surface area contributed by atoms with Crippen molar-refractivity contribution < 1.29 is 9.53 Å². The van der Waals surface area contributed by atoms with E-state index in [1.54, 1.807) is 0 Å². The Labute approximate surface area is 158 Å². The average Bonchev–Trinajstić information content (AvgIpc) is 2.90. The summed E-state index contributed by atoms with van der Waals surface area (Å²) >= 11 is 1.52. The van der Waals surface area contributed by atoms with Crippen molar-refractivity contribution in [1.29, 1.82) is 0 Å². The molecule has 1 fully saturated rings. The Balaban J connectivity index is 0.00000225. The summed E-state index contributed by atoms with van der Waals surface area (Å²) in [7, 11) is 0. The molecule has 0 saturated carbocycles. The summed E-state index contributed by atoms with van der Waals surface area (Å²) in [6, 6.07) is 8.47. The molecule has 0 bridgehead atoms. The average molecular weight is 382 g/mol. The molecule has 3 rings (SSSR count). The number of hydrogen-bond acceptors (Lipinski definition) is 5. The minimum Gasteiger partial charge on any atom is -0.381 e. The highest BCUT2D eigenvalue weighted by molar-refractivity contribution is 7.15. The first-order valence-electron chi connectivity index (χ1n) is 8.16. The van der Waals surface area contributed by atoms with Gasteiger partial charge in [-0.1, -0.05) is 29.8 Å². The predicted molar refractivity (Wildman–Crippen MR) is 104 cm³/mol.